The van der Waals surface area contributed by atoms with Gasteiger partial charge in [-0.05, 0) is 13.0 Å². The Balaban J connectivity index is 2.81. The molecule has 1 aromatic rings. The van der Waals surface area contributed by atoms with Gasteiger partial charge >= 0.3 is 0 Å². The SMILES string of the molecule is CCOCC(=O)N(C)c1cccc([N+](=O)[O-])c1. The van der Waals surface area contributed by atoms with Crippen LogP contribution in [-0.2, 0) is 9.53 Å². The molecular weight excluding hydrogens is 224 g/mol. The number of nitro groups is 1. The number of rotatable bonds is 5. The molecule has 0 radical (unpaired) electrons. The zero-order valence-electron chi connectivity index (χ0n) is 9.75. The highest BCUT2D eigenvalue weighted by Crippen LogP contribution is 2.20. The lowest BCUT2D eigenvalue weighted by molar-refractivity contribution is -0.384. The van der Waals surface area contributed by atoms with E-state index in [9.17, 15) is 14.9 Å². The zero-order valence-corrected chi connectivity index (χ0v) is 9.75. The number of likely N-dealkylation sites (N-methyl/N-ethyl adjacent to an activating group) is 1. The van der Waals surface area contributed by atoms with E-state index in [0.717, 1.165) is 0 Å². The van der Waals surface area contributed by atoms with Crippen molar-refractivity contribution < 1.29 is 14.5 Å². The third kappa shape index (κ3) is 3.53. The van der Waals surface area contributed by atoms with Crippen LogP contribution in [-0.4, -0.2) is 31.1 Å². The third-order valence-corrected chi connectivity index (χ3v) is 2.23. The highest BCUT2D eigenvalue weighted by molar-refractivity contribution is 5.94. The second-order valence-corrected chi connectivity index (χ2v) is 3.37. The van der Waals surface area contributed by atoms with Crippen molar-refractivity contribution in [1.29, 1.82) is 0 Å². The minimum Gasteiger partial charge on any atom is -0.372 e. The highest BCUT2D eigenvalue weighted by Gasteiger charge is 2.13. The molecule has 17 heavy (non-hydrogen) atoms. The Morgan fingerprint density at radius 2 is 2.24 bits per heavy atom. The number of hydrogen-bond donors (Lipinski definition) is 0. The summed E-state index contributed by atoms with van der Waals surface area (Å²) in [7, 11) is 1.56. The zero-order chi connectivity index (χ0) is 12.8. The molecule has 0 saturated carbocycles. The number of anilines is 1. The maximum absolute atomic E-state index is 11.6. The average molecular weight is 238 g/mol. The molecule has 0 N–H and O–H groups in total. The van der Waals surface area contributed by atoms with E-state index >= 15 is 0 Å². The molecule has 1 aromatic carbocycles. The molecule has 92 valence electrons. The van der Waals surface area contributed by atoms with Crippen molar-refractivity contribution in [3.63, 3.8) is 0 Å². The first-order chi connectivity index (χ1) is 8.06. The van der Waals surface area contributed by atoms with E-state index in [2.05, 4.69) is 0 Å². The van der Waals surface area contributed by atoms with E-state index in [4.69, 9.17) is 4.74 Å². The molecule has 0 fully saturated rings. The normalized spacial score (nSPS) is 10.0. The molecule has 1 rings (SSSR count). The van der Waals surface area contributed by atoms with Crippen LogP contribution in [0.2, 0.25) is 0 Å². The van der Waals surface area contributed by atoms with Gasteiger partial charge in [-0.3, -0.25) is 14.9 Å². The van der Waals surface area contributed by atoms with Gasteiger partial charge in [0.15, 0.2) is 0 Å². The smallest absolute Gasteiger partial charge is 0.271 e. The quantitative estimate of drug-likeness (QED) is 0.576. The lowest BCUT2D eigenvalue weighted by Crippen LogP contribution is -2.30. The van der Waals surface area contributed by atoms with Crippen LogP contribution in [0.1, 0.15) is 6.92 Å². The lowest BCUT2D eigenvalue weighted by Gasteiger charge is -2.16. The van der Waals surface area contributed by atoms with E-state index in [1.807, 2.05) is 0 Å². The highest BCUT2D eigenvalue weighted by atomic mass is 16.6. The molecule has 0 aliphatic carbocycles. The molecular formula is C11H14N2O4. The topological polar surface area (TPSA) is 72.7 Å². The number of carbonyl (C=O) groups is 1. The first kappa shape index (κ1) is 13.1. The Bertz CT molecular complexity index is 420. The van der Waals surface area contributed by atoms with E-state index < -0.39 is 4.92 Å². The largest absolute Gasteiger partial charge is 0.372 e. The van der Waals surface area contributed by atoms with Crippen LogP contribution in [0.25, 0.3) is 0 Å². The predicted octanol–water partition coefficient (Wildman–Crippen LogP) is 1.59. The number of non-ortho nitro benzene ring substituents is 1. The van der Waals surface area contributed by atoms with Gasteiger partial charge in [0.05, 0.1) is 10.6 Å². The summed E-state index contributed by atoms with van der Waals surface area (Å²) in [6.45, 7) is 2.21. The number of amides is 1. The van der Waals surface area contributed by atoms with Gasteiger partial charge in [-0.15, -0.1) is 0 Å². The van der Waals surface area contributed by atoms with Crippen LogP contribution >= 0.6 is 0 Å². The van der Waals surface area contributed by atoms with Crippen molar-refractivity contribution >= 4 is 17.3 Å². The standard InChI is InChI=1S/C11H14N2O4/c1-3-17-8-11(14)12(2)9-5-4-6-10(7-9)13(15)16/h4-7H,3,8H2,1-2H3. The summed E-state index contributed by atoms with van der Waals surface area (Å²) >= 11 is 0. The van der Waals surface area contributed by atoms with Gasteiger partial charge in [0.1, 0.15) is 6.61 Å². The van der Waals surface area contributed by atoms with Gasteiger partial charge in [0.2, 0.25) is 0 Å². The first-order valence-corrected chi connectivity index (χ1v) is 5.15. The Morgan fingerprint density at radius 1 is 1.53 bits per heavy atom. The van der Waals surface area contributed by atoms with Gasteiger partial charge in [-0.25, -0.2) is 0 Å². The fourth-order valence-electron chi connectivity index (χ4n) is 1.25. The number of nitrogens with zero attached hydrogens (tertiary/aromatic N) is 2. The van der Waals surface area contributed by atoms with Gasteiger partial charge < -0.3 is 9.64 Å². The number of benzene rings is 1. The third-order valence-electron chi connectivity index (χ3n) is 2.23. The van der Waals surface area contributed by atoms with Crippen LogP contribution in [0.15, 0.2) is 24.3 Å². The monoisotopic (exact) mass is 238 g/mol. The Kier molecular flexibility index (Phi) is 4.59. The van der Waals surface area contributed by atoms with Crippen LogP contribution in [0.3, 0.4) is 0 Å². The van der Waals surface area contributed by atoms with Gasteiger partial charge in [-0.2, -0.15) is 0 Å². The van der Waals surface area contributed by atoms with Crippen molar-refractivity contribution in [3.05, 3.63) is 34.4 Å². The number of ether oxygens (including phenoxy) is 1. The van der Waals surface area contributed by atoms with Crippen LogP contribution in [0.5, 0.6) is 0 Å². The summed E-state index contributed by atoms with van der Waals surface area (Å²) < 4.78 is 4.99. The Hall–Kier alpha value is -1.95. The molecule has 1 amide bonds. The summed E-state index contributed by atoms with van der Waals surface area (Å²) in [6, 6.07) is 5.91. The molecule has 0 aromatic heterocycles. The minimum atomic E-state index is -0.496. The summed E-state index contributed by atoms with van der Waals surface area (Å²) in [5.74, 6) is -0.243. The summed E-state index contributed by atoms with van der Waals surface area (Å²) in [5, 5.41) is 10.6. The minimum absolute atomic E-state index is 0.0321. The molecule has 0 aliphatic heterocycles. The molecule has 0 atom stereocenters. The maximum Gasteiger partial charge on any atom is 0.271 e. The summed E-state index contributed by atoms with van der Waals surface area (Å²) in [4.78, 5) is 23.0. The second-order valence-electron chi connectivity index (χ2n) is 3.37. The number of carbonyl (C=O) groups excluding carboxylic acids is 1. The van der Waals surface area contributed by atoms with Crippen LogP contribution < -0.4 is 4.90 Å². The van der Waals surface area contributed by atoms with E-state index in [0.29, 0.717) is 12.3 Å². The maximum atomic E-state index is 11.6. The van der Waals surface area contributed by atoms with Crippen molar-refractivity contribution in [1.82, 2.24) is 0 Å². The molecule has 0 saturated heterocycles. The van der Waals surface area contributed by atoms with Gasteiger partial charge in [-0.1, -0.05) is 6.07 Å². The molecule has 0 spiro atoms. The summed E-state index contributed by atoms with van der Waals surface area (Å²) in [5.41, 5.74) is 0.433. The second kappa shape index (κ2) is 5.95. The van der Waals surface area contributed by atoms with Gasteiger partial charge in [0, 0.05) is 25.8 Å². The average Bonchev–Trinajstić information content (AvgIpc) is 2.35. The Labute approximate surface area is 98.9 Å². The van der Waals surface area contributed by atoms with E-state index in [1.54, 1.807) is 20.0 Å². The first-order valence-electron chi connectivity index (χ1n) is 5.15. The summed E-state index contributed by atoms with van der Waals surface area (Å²) in [6.07, 6.45) is 0. The molecule has 6 heteroatoms. The number of hydrogen-bond acceptors (Lipinski definition) is 4. The molecule has 0 unspecified atom stereocenters. The molecule has 0 aliphatic rings. The van der Waals surface area contributed by atoms with E-state index in [-0.39, 0.29) is 18.2 Å². The number of nitro benzene ring substituents is 1. The fraction of sp³-hybridized carbons (Fsp3) is 0.364. The lowest BCUT2D eigenvalue weighted by atomic mass is 10.2. The fourth-order valence-corrected chi connectivity index (χ4v) is 1.25. The predicted molar refractivity (Wildman–Crippen MR) is 63.0 cm³/mol. The Morgan fingerprint density at radius 3 is 2.82 bits per heavy atom. The van der Waals surface area contributed by atoms with E-state index in [1.165, 1.54) is 23.1 Å². The molecule has 6 nitrogen and oxygen atoms in total. The van der Waals surface area contributed by atoms with Crippen molar-refractivity contribution in [2.24, 2.45) is 0 Å². The molecule has 0 heterocycles. The van der Waals surface area contributed by atoms with Crippen LogP contribution in [0.4, 0.5) is 11.4 Å². The molecule has 0 bridgehead atoms. The van der Waals surface area contributed by atoms with Crippen molar-refractivity contribution in [2.75, 3.05) is 25.2 Å². The van der Waals surface area contributed by atoms with Crippen LogP contribution in [0, 0.1) is 10.1 Å². The van der Waals surface area contributed by atoms with Gasteiger partial charge in [0.25, 0.3) is 11.6 Å². The van der Waals surface area contributed by atoms with Crippen molar-refractivity contribution in [3.8, 4) is 0 Å². The van der Waals surface area contributed by atoms with Crippen molar-refractivity contribution in [2.45, 2.75) is 6.92 Å².